The second-order valence-corrected chi connectivity index (χ2v) is 6.43. The number of para-hydroxylation sites is 1. The highest BCUT2D eigenvalue weighted by Crippen LogP contribution is 2.35. The van der Waals surface area contributed by atoms with Gasteiger partial charge in [0.1, 0.15) is 18.0 Å². The average molecular weight is 366 g/mol. The largest absolute Gasteiger partial charge is 0.496 e. The number of carbonyl (C=O) groups is 1. The summed E-state index contributed by atoms with van der Waals surface area (Å²) in [6, 6.07) is 10.8. The smallest absolute Gasteiger partial charge is 0.247 e. The summed E-state index contributed by atoms with van der Waals surface area (Å²) in [5, 5.41) is 2.88. The van der Waals surface area contributed by atoms with Crippen LogP contribution in [0.25, 0.3) is 22.5 Å². The summed E-state index contributed by atoms with van der Waals surface area (Å²) >= 11 is 0. The number of aromatic nitrogens is 3. The molecule has 0 aliphatic carbocycles. The topological polar surface area (TPSA) is 89.0 Å². The van der Waals surface area contributed by atoms with Crippen LogP contribution in [0.4, 0.5) is 0 Å². The van der Waals surface area contributed by atoms with E-state index in [0.717, 1.165) is 16.8 Å². The zero-order valence-corrected chi connectivity index (χ0v) is 15.5. The lowest BCUT2D eigenvalue weighted by molar-refractivity contribution is -0.122. The average Bonchev–Trinajstić information content (AvgIpc) is 3.04. The Balaban J connectivity index is 2.12. The first kappa shape index (κ1) is 18.4. The number of hydrogen-bond donors (Lipinski definition) is 2. The van der Waals surface area contributed by atoms with Crippen LogP contribution in [0.3, 0.4) is 0 Å². The predicted octanol–water partition coefficient (Wildman–Crippen LogP) is 2.44. The van der Waals surface area contributed by atoms with Crippen molar-refractivity contribution in [2.45, 2.75) is 26.4 Å². The summed E-state index contributed by atoms with van der Waals surface area (Å²) in [4.78, 5) is 31.0. The van der Waals surface area contributed by atoms with Crippen LogP contribution in [0, 0.1) is 0 Å². The minimum atomic E-state index is -0.193. The number of carbonyl (C=O) groups excluding carboxylic acids is 1. The standard InChI is InChI=1S/C20H22N4O3/c1-13(2)23-18(26)11-24-12-22-19(15-6-4-5-7-16(15)27-3)20(24)14-8-9-17(25)21-10-14/h4-10,12-13H,11H2,1-3H3,(H,21,25)(H,23,26). The number of benzene rings is 1. The Morgan fingerprint density at radius 3 is 2.70 bits per heavy atom. The van der Waals surface area contributed by atoms with Gasteiger partial charge in [0.05, 0.1) is 19.1 Å². The SMILES string of the molecule is COc1ccccc1-c1ncn(CC(=O)NC(C)C)c1-c1ccc(=O)[nH]c1. The van der Waals surface area contributed by atoms with E-state index in [9.17, 15) is 9.59 Å². The molecule has 2 aromatic heterocycles. The normalized spacial score (nSPS) is 10.8. The highest BCUT2D eigenvalue weighted by molar-refractivity contribution is 5.83. The third-order valence-corrected chi connectivity index (χ3v) is 4.02. The van der Waals surface area contributed by atoms with Gasteiger partial charge in [0.15, 0.2) is 0 Å². The van der Waals surface area contributed by atoms with Crippen molar-refractivity contribution in [1.29, 1.82) is 0 Å². The van der Waals surface area contributed by atoms with E-state index in [0.29, 0.717) is 11.4 Å². The van der Waals surface area contributed by atoms with Crippen molar-refractivity contribution in [2.24, 2.45) is 0 Å². The number of nitrogens with one attached hydrogen (secondary N) is 2. The summed E-state index contributed by atoms with van der Waals surface area (Å²) < 4.78 is 7.24. The summed E-state index contributed by atoms with van der Waals surface area (Å²) in [6.45, 7) is 3.94. The molecule has 3 rings (SSSR count). The predicted molar refractivity (Wildman–Crippen MR) is 104 cm³/mol. The molecule has 0 unspecified atom stereocenters. The van der Waals surface area contributed by atoms with Crippen molar-refractivity contribution in [3.63, 3.8) is 0 Å². The molecule has 7 nitrogen and oxygen atoms in total. The third-order valence-electron chi connectivity index (χ3n) is 4.02. The van der Waals surface area contributed by atoms with E-state index >= 15 is 0 Å². The van der Waals surface area contributed by atoms with Gasteiger partial charge in [0, 0.05) is 29.4 Å². The molecule has 0 saturated heterocycles. The van der Waals surface area contributed by atoms with Crippen LogP contribution in [-0.4, -0.2) is 33.6 Å². The number of ether oxygens (including phenoxy) is 1. The van der Waals surface area contributed by atoms with Crippen LogP contribution >= 0.6 is 0 Å². The molecule has 2 N–H and O–H groups in total. The van der Waals surface area contributed by atoms with Gasteiger partial charge >= 0.3 is 0 Å². The lowest BCUT2D eigenvalue weighted by atomic mass is 10.0. The fraction of sp³-hybridized carbons (Fsp3) is 0.250. The Labute approximate surface area is 157 Å². The van der Waals surface area contributed by atoms with Crippen LogP contribution in [0.2, 0.25) is 0 Å². The van der Waals surface area contributed by atoms with Crippen molar-refractivity contribution in [3.05, 3.63) is 59.3 Å². The molecular weight excluding hydrogens is 344 g/mol. The van der Waals surface area contributed by atoms with Crippen LogP contribution < -0.4 is 15.6 Å². The molecule has 0 atom stereocenters. The fourth-order valence-electron chi connectivity index (χ4n) is 2.92. The minimum absolute atomic E-state index is 0.0474. The minimum Gasteiger partial charge on any atom is -0.496 e. The van der Waals surface area contributed by atoms with Gasteiger partial charge in [-0.15, -0.1) is 0 Å². The van der Waals surface area contributed by atoms with E-state index in [4.69, 9.17) is 4.74 Å². The number of rotatable bonds is 6. The maximum Gasteiger partial charge on any atom is 0.247 e. The van der Waals surface area contributed by atoms with Crippen LogP contribution in [0.15, 0.2) is 53.7 Å². The second-order valence-electron chi connectivity index (χ2n) is 6.43. The van der Waals surface area contributed by atoms with E-state index in [2.05, 4.69) is 15.3 Å². The van der Waals surface area contributed by atoms with E-state index in [-0.39, 0.29) is 24.1 Å². The number of methoxy groups -OCH3 is 1. The van der Waals surface area contributed by atoms with Crippen molar-refractivity contribution < 1.29 is 9.53 Å². The molecule has 1 amide bonds. The quantitative estimate of drug-likeness (QED) is 0.701. The monoisotopic (exact) mass is 366 g/mol. The highest BCUT2D eigenvalue weighted by atomic mass is 16.5. The summed E-state index contributed by atoms with van der Waals surface area (Å²) in [7, 11) is 1.60. The molecular formula is C20H22N4O3. The van der Waals surface area contributed by atoms with Crippen molar-refractivity contribution >= 4 is 5.91 Å². The Morgan fingerprint density at radius 2 is 2.04 bits per heavy atom. The number of amides is 1. The van der Waals surface area contributed by atoms with Gasteiger partial charge in [-0.05, 0) is 32.0 Å². The first-order valence-corrected chi connectivity index (χ1v) is 8.66. The van der Waals surface area contributed by atoms with Gasteiger partial charge in [-0.3, -0.25) is 9.59 Å². The first-order chi connectivity index (χ1) is 13.0. The molecule has 2 heterocycles. The number of pyridine rings is 1. The van der Waals surface area contributed by atoms with Crippen molar-refractivity contribution in [2.75, 3.05) is 7.11 Å². The summed E-state index contributed by atoms with van der Waals surface area (Å²) in [5.41, 5.74) is 2.78. The molecule has 0 fully saturated rings. The zero-order chi connectivity index (χ0) is 19.4. The van der Waals surface area contributed by atoms with Gasteiger partial charge in [-0.2, -0.15) is 0 Å². The van der Waals surface area contributed by atoms with E-state index in [1.807, 2.05) is 38.1 Å². The van der Waals surface area contributed by atoms with Gasteiger partial charge in [-0.1, -0.05) is 12.1 Å². The molecule has 140 valence electrons. The number of imidazole rings is 1. The van der Waals surface area contributed by atoms with E-state index in [1.54, 1.807) is 30.3 Å². The summed E-state index contributed by atoms with van der Waals surface area (Å²) in [6.07, 6.45) is 3.25. The molecule has 0 spiro atoms. The molecule has 0 aliphatic rings. The molecule has 0 radical (unpaired) electrons. The van der Waals surface area contributed by atoms with Crippen LogP contribution in [0.1, 0.15) is 13.8 Å². The third kappa shape index (κ3) is 4.08. The number of aromatic amines is 1. The zero-order valence-electron chi connectivity index (χ0n) is 15.5. The molecule has 27 heavy (non-hydrogen) atoms. The molecule has 0 aliphatic heterocycles. The van der Waals surface area contributed by atoms with Gasteiger partial charge in [0.2, 0.25) is 11.5 Å². The lowest BCUT2D eigenvalue weighted by Crippen LogP contribution is -2.33. The maximum atomic E-state index is 12.3. The maximum absolute atomic E-state index is 12.3. The van der Waals surface area contributed by atoms with Crippen LogP contribution in [-0.2, 0) is 11.3 Å². The second kappa shape index (κ2) is 7.90. The highest BCUT2D eigenvalue weighted by Gasteiger charge is 2.19. The van der Waals surface area contributed by atoms with Gasteiger partial charge in [0.25, 0.3) is 0 Å². The molecule has 0 bridgehead atoms. The Morgan fingerprint density at radius 1 is 1.26 bits per heavy atom. The Hall–Kier alpha value is -3.35. The number of H-pyrrole nitrogens is 1. The van der Waals surface area contributed by atoms with Gasteiger partial charge in [-0.25, -0.2) is 4.98 Å². The summed E-state index contributed by atoms with van der Waals surface area (Å²) in [5.74, 6) is 0.569. The Kier molecular flexibility index (Phi) is 5.40. The first-order valence-electron chi connectivity index (χ1n) is 8.66. The number of nitrogens with zero attached hydrogens (tertiary/aromatic N) is 2. The van der Waals surface area contributed by atoms with Gasteiger partial charge < -0.3 is 19.6 Å². The fourth-order valence-corrected chi connectivity index (χ4v) is 2.92. The van der Waals surface area contributed by atoms with E-state index in [1.165, 1.54) is 6.07 Å². The van der Waals surface area contributed by atoms with Crippen LogP contribution in [0.5, 0.6) is 5.75 Å². The molecule has 3 aromatic rings. The van der Waals surface area contributed by atoms with Crippen molar-refractivity contribution in [3.8, 4) is 28.3 Å². The number of hydrogen-bond acceptors (Lipinski definition) is 4. The Bertz CT molecular complexity index is 984. The molecule has 1 aromatic carbocycles. The molecule has 0 saturated carbocycles. The molecule has 7 heteroatoms. The lowest BCUT2D eigenvalue weighted by Gasteiger charge is -2.13. The van der Waals surface area contributed by atoms with Crippen molar-refractivity contribution in [1.82, 2.24) is 19.9 Å². The van der Waals surface area contributed by atoms with E-state index < -0.39 is 0 Å².